The zero-order chi connectivity index (χ0) is 21.6. The second-order valence-corrected chi connectivity index (χ2v) is 7.73. The van der Waals surface area contributed by atoms with Crippen LogP contribution < -0.4 is 10.1 Å². The number of tetrazole rings is 1. The second-order valence-electron chi connectivity index (χ2n) is 7.30. The van der Waals surface area contributed by atoms with E-state index in [0.29, 0.717) is 36.0 Å². The van der Waals surface area contributed by atoms with Crippen molar-refractivity contribution in [3.8, 4) is 5.75 Å². The molecule has 3 aromatic rings. The highest BCUT2D eigenvalue weighted by molar-refractivity contribution is 6.31. The summed E-state index contributed by atoms with van der Waals surface area (Å²) in [7, 11) is 1.56. The van der Waals surface area contributed by atoms with Crippen LogP contribution in [0.5, 0.6) is 5.75 Å². The Bertz CT molecular complexity index is 1040. The van der Waals surface area contributed by atoms with E-state index < -0.39 is 0 Å². The highest BCUT2D eigenvalue weighted by atomic mass is 35.5. The van der Waals surface area contributed by atoms with E-state index in [4.69, 9.17) is 16.3 Å². The molecule has 0 saturated carbocycles. The Kier molecular flexibility index (Phi) is 6.59. The minimum atomic E-state index is -0.349. The lowest BCUT2D eigenvalue weighted by atomic mass is 10.1. The van der Waals surface area contributed by atoms with Crippen LogP contribution in [0.3, 0.4) is 0 Å². The van der Waals surface area contributed by atoms with Crippen LogP contribution in [0, 0.1) is 0 Å². The first kappa shape index (κ1) is 21.0. The fraction of sp³-hybridized carbons (Fsp3) is 0.273. The minimum Gasteiger partial charge on any atom is -0.495 e. The monoisotopic (exact) mass is 438 g/mol. The molecule has 1 aliphatic heterocycles. The molecule has 0 aliphatic carbocycles. The van der Waals surface area contributed by atoms with Gasteiger partial charge in [-0.05, 0) is 40.6 Å². The van der Waals surface area contributed by atoms with E-state index in [-0.39, 0.29) is 18.0 Å². The molecule has 1 N–H and O–H groups in total. The lowest BCUT2D eigenvalue weighted by Gasteiger charge is -2.22. The van der Waals surface area contributed by atoms with Crippen molar-refractivity contribution in [2.75, 3.05) is 25.5 Å². The van der Waals surface area contributed by atoms with Gasteiger partial charge in [0.15, 0.2) is 0 Å². The molecule has 2 aromatic carbocycles. The summed E-state index contributed by atoms with van der Waals surface area (Å²) in [5, 5.41) is 15.0. The van der Waals surface area contributed by atoms with Crippen molar-refractivity contribution in [2.24, 2.45) is 0 Å². The van der Waals surface area contributed by atoms with Crippen LogP contribution >= 0.6 is 11.6 Å². The summed E-state index contributed by atoms with van der Waals surface area (Å²) in [4.78, 5) is 15.3. The number of halogens is 1. The molecule has 0 unspecified atom stereocenters. The van der Waals surface area contributed by atoms with Crippen LogP contribution in [-0.4, -0.2) is 57.3 Å². The van der Waals surface area contributed by atoms with Gasteiger partial charge in [0.05, 0.1) is 24.9 Å². The van der Waals surface area contributed by atoms with E-state index in [0.717, 1.165) is 5.56 Å². The highest BCUT2D eigenvalue weighted by Gasteiger charge is 2.37. The number of aromatic nitrogens is 4. The van der Waals surface area contributed by atoms with E-state index in [1.54, 1.807) is 36.3 Å². The molecule has 1 saturated heterocycles. The normalized spacial score (nSPS) is 19.0. The summed E-state index contributed by atoms with van der Waals surface area (Å²) in [5.74, 6) is 0.438. The summed E-state index contributed by atoms with van der Waals surface area (Å²) in [6.45, 7) is 1.28. The van der Waals surface area contributed by atoms with Crippen LogP contribution in [0.25, 0.3) is 6.08 Å². The lowest BCUT2D eigenvalue weighted by Crippen LogP contribution is -2.39. The molecule has 1 fully saturated rings. The zero-order valence-electron chi connectivity index (χ0n) is 17.1. The molecular formula is C22H23ClN6O2. The van der Waals surface area contributed by atoms with Gasteiger partial charge in [0, 0.05) is 18.1 Å². The number of carbonyl (C=O) groups excluding carboxylic acids is 1. The minimum absolute atomic E-state index is 0.0112. The van der Waals surface area contributed by atoms with E-state index in [2.05, 4.69) is 37.9 Å². The molecule has 31 heavy (non-hydrogen) atoms. The number of rotatable bonds is 7. The molecule has 0 radical (unpaired) electrons. The standard InChI is InChI=1S/C22H23ClN6O2/c1-31-21-10-9-17(23)12-19(21)25-22(30)20-13-18(29-15-24-26-27-29)14-28(20)11-5-8-16-6-3-2-4-7-16/h2-10,12,15,18,20H,11,13-14H2,1H3,(H,25,30)/t18-,20+/m1/s1. The van der Waals surface area contributed by atoms with Gasteiger partial charge in [-0.25, -0.2) is 4.68 Å². The number of nitrogens with zero attached hydrogens (tertiary/aromatic N) is 5. The largest absolute Gasteiger partial charge is 0.495 e. The molecule has 1 aromatic heterocycles. The molecule has 8 nitrogen and oxygen atoms in total. The molecule has 0 bridgehead atoms. The predicted molar refractivity (Wildman–Crippen MR) is 119 cm³/mol. The predicted octanol–water partition coefficient (Wildman–Crippen LogP) is 3.30. The Labute approximate surface area is 185 Å². The van der Waals surface area contributed by atoms with E-state index in [9.17, 15) is 4.79 Å². The summed E-state index contributed by atoms with van der Waals surface area (Å²) < 4.78 is 7.07. The zero-order valence-corrected chi connectivity index (χ0v) is 17.8. The molecular weight excluding hydrogens is 416 g/mol. The van der Waals surface area contributed by atoms with Gasteiger partial charge >= 0.3 is 0 Å². The Morgan fingerprint density at radius 1 is 1.29 bits per heavy atom. The van der Waals surface area contributed by atoms with Crippen LogP contribution in [0.4, 0.5) is 5.69 Å². The van der Waals surface area contributed by atoms with Gasteiger partial charge < -0.3 is 10.1 Å². The summed E-state index contributed by atoms with van der Waals surface area (Å²) in [6.07, 6.45) is 6.30. The van der Waals surface area contributed by atoms with Crippen molar-refractivity contribution >= 4 is 29.3 Å². The number of carbonyl (C=O) groups is 1. The van der Waals surface area contributed by atoms with Gasteiger partial charge in [-0.1, -0.05) is 54.1 Å². The third kappa shape index (κ3) is 5.10. The fourth-order valence-corrected chi connectivity index (χ4v) is 3.94. The van der Waals surface area contributed by atoms with Crippen LogP contribution in [0.15, 0.2) is 60.9 Å². The van der Waals surface area contributed by atoms with Crippen LogP contribution in [-0.2, 0) is 4.79 Å². The molecule has 1 aliphatic rings. The number of hydrogen-bond acceptors (Lipinski definition) is 6. The number of likely N-dealkylation sites (tertiary alicyclic amines) is 1. The first-order chi connectivity index (χ1) is 15.1. The maximum Gasteiger partial charge on any atom is 0.241 e. The maximum atomic E-state index is 13.2. The molecule has 9 heteroatoms. The Morgan fingerprint density at radius 2 is 2.13 bits per heavy atom. The molecule has 160 valence electrons. The second kappa shape index (κ2) is 9.72. The lowest BCUT2D eigenvalue weighted by molar-refractivity contribution is -0.120. The van der Waals surface area contributed by atoms with Crippen LogP contribution in [0.1, 0.15) is 18.0 Å². The first-order valence-corrected chi connectivity index (χ1v) is 10.3. The average molecular weight is 439 g/mol. The number of amides is 1. The molecule has 0 spiro atoms. The van der Waals surface area contributed by atoms with Gasteiger partial charge in [-0.3, -0.25) is 9.69 Å². The van der Waals surface area contributed by atoms with E-state index in [1.807, 2.05) is 30.3 Å². The van der Waals surface area contributed by atoms with Gasteiger partial charge in [0.1, 0.15) is 12.1 Å². The third-order valence-electron chi connectivity index (χ3n) is 5.29. The average Bonchev–Trinajstić information content (AvgIpc) is 3.45. The van der Waals surface area contributed by atoms with Crippen molar-refractivity contribution in [3.05, 3.63) is 71.5 Å². The molecule has 2 atom stereocenters. The summed E-state index contributed by atoms with van der Waals surface area (Å²) >= 11 is 6.11. The molecule has 4 rings (SSSR count). The molecule has 2 heterocycles. The Morgan fingerprint density at radius 3 is 2.87 bits per heavy atom. The van der Waals surface area contributed by atoms with Gasteiger partial charge in [0.25, 0.3) is 0 Å². The van der Waals surface area contributed by atoms with Crippen LogP contribution in [0.2, 0.25) is 5.02 Å². The number of ether oxygens (including phenoxy) is 1. The van der Waals surface area contributed by atoms with Gasteiger partial charge in [-0.2, -0.15) is 0 Å². The number of hydrogen-bond donors (Lipinski definition) is 1. The number of anilines is 1. The quantitative estimate of drug-likeness (QED) is 0.609. The van der Waals surface area contributed by atoms with Crippen molar-refractivity contribution in [2.45, 2.75) is 18.5 Å². The van der Waals surface area contributed by atoms with Crippen molar-refractivity contribution in [1.82, 2.24) is 25.1 Å². The first-order valence-electron chi connectivity index (χ1n) is 9.96. The van der Waals surface area contributed by atoms with E-state index in [1.165, 1.54) is 0 Å². The fourth-order valence-electron chi connectivity index (χ4n) is 3.76. The highest BCUT2D eigenvalue weighted by Crippen LogP contribution is 2.31. The van der Waals surface area contributed by atoms with Crippen molar-refractivity contribution in [3.63, 3.8) is 0 Å². The number of methoxy groups -OCH3 is 1. The van der Waals surface area contributed by atoms with Gasteiger partial charge in [-0.15, -0.1) is 5.10 Å². The smallest absolute Gasteiger partial charge is 0.241 e. The number of benzene rings is 2. The SMILES string of the molecule is COc1ccc(Cl)cc1NC(=O)[C@@H]1C[C@@H](n2cnnn2)CN1CC=Cc1ccccc1. The van der Waals surface area contributed by atoms with Gasteiger partial charge in [0.2, 0.25) is 5.91 Å². The summed E-state index contributed by atoms with van der Waals surface area (Å²) in [5.41, 5.74) is 1.66. The Balaban J connectivity index is 1.51. The maximum absolute atomic E-state index is 13.2. The van der Waals surface area contributed by atoms with E-state index >= 15 is 0 Å². The van der Waals surface area contributed by atoms with Crippen molar-refractivity contribution < 1.29 is 9.53 Å². The summed E-state index contributed by atoms with van der Waals surface area (Å²) in [6, 6.07) is 14.9. The molecule has 1 amide bonds. The van der Waals surface area contributed by atoms with Crippen molar-refractivity contribution in [1.29, 1.82) is 0 Å². The topological polar surface area (TPSA) is 85.2 Å². The number of nitrogens with one attached hydrogen (secondary N) is 1. The third-order valence-corrected chi connectivity index (χ3v) is 5.53. The Hall–Kier alpha value is -3.23.